The van der Waals surface area contributed by atoms with Crippen molar-refractivity contribution in [3.05, 3.63) is 11.8 Å². The van der Waals surface area contributed by atoms with Crippen LogP contribution in [0.1, 0.15) is 36.5 Å². The second-order valence-corrected chi connectivity index (χ2v) is 7.85. The van der Waals surface area contributed by atoms with Crippen LogP contribution in [0.2, 0.25) is 0 Å². The first-order valence-electron chi connectivity index (χ1n) is 6.34. The largest absolute Gasteiger partial charge is 0.478 e. The molecule has 1 heterocycles. The molecule has 1 aliphatic carbocycles. The quantitative estimate of drug-likeness (QED) is 0.723. The average molecular weight is 319 g/mol. The minimum absolute atomic E-state index is 0.144. The summed E-state index contributed by atoms with van der Waals surface area (Å²) in [6.07, 6.45) is 3.52. The highest BCUT2D eigenvalue weighted by molar-refractivity contribution is 7.99. The molecule has 1 aromatic rings. The first-order chi connectivity index (χ1) is 9.44. The van der Waals surface area contributed by atoms with Crippen LogP contribution in [0.5, 0.6) is 0 Å². The summed E-state index contributed by atoms with van der Waals surface area (Å²) in [5.74, 6) is -0.307. The third kappa shape index (κ3) is 3.33. The minimum Gasteiger partial charge on any atom is -0.478 e. The summed E-state index contributed by atoms with van der Waals surface area (Å²) in [6, 6.07) is -0.144. The van der Waals surface area contributed by atoms with Crippen molar-refractivity contribution in [1.82, 2.24) is 14.9 Å². The van der Waals surface area contributed by atoms with E-state index in [1.54, 1.807) is 0 Å². The molecular weight excluding hydrogens is 302 g/mol. The molecule has 3 N–H and O–H groups in total. The van der Waals surface area contributed by atoms with Crippen molar-refractivity contribution in [2.45, 2.75) is 42.5 Å². The maximum Gasteiger partial charge on any atom is 0.340 e. The topological polar surface area (TPSA) is 112 Å². The van der Waals surface area contributed by atoms with Crippen LogP contribution in [0.4, 0.5) is 0 Å². The van der Waals surface area contributed by atoms with Gasteiger partial charge < -0.3 is 5.11 Å². The number of carboxylic acids is 1. The summed E-state index contributed by atoms with van der Waals surface area (Å²) >= 11 is 1.83. The van der Waals surface area contributed by atoms with Crippen LogP contribution in [0, 0.1) is 0 Å². The second kappa shape index (κ2) is 6.15. The summed E-state index contributed by atoms with van der Waals surface area (Å²) in [5.41, 5.74) is -0.338. The Balaban J connectivity index is 2.08. The van der Waals surface area contributed by atoms with E-state index in [-0.39, 0.29) is 16.6 Å². The third-order valence-electron chi connectivity index (χ3n) is 3.21. The second-order valence-electron chi connectivity index (χ2n) is 4.63. The van der Waals surface area contributed by atoms with Gasteiger partial charge in [0, 0.05) is 11.3 Å². The summed E-state index contributed by atoms with van der Waals surface area (Å²) < 4.78 is 26.9. The van der Waals surface area contributed by atoms with Crippen molar-refractivity contribution >= 4 is 27.8 Å². The Hall–Kier alpha value is -1.06. The number of carbonyl (C=O) groups is 1. The smallest absolute Gasteiger partial charge is 0.340 e. The van der Waals surface area contributed by atoms with E-state index in [2.05, 4.69) is 21.8 Å². The maximum atomic E-state index is 12.2. The molecule has 0 bridgehead atoms. The number of nitrogens with zero attached hydrogens (tertiary/aromatic N) is 1. The molecule has 0 spiro atoms. The van der Waals surface area contributed by atoms with Gasteiger partial charge in [-0.1, -0.05) is 6.92 Å². The Labute approximate surface area is 121 Å². The molecule has 0 aromatic carbocycles. The zero-order chi connectivity index (χ0) is 14.8. The summed E-state index contributed by atoms with van der Waals surface area (Å²) in [7, 11) is -3.87. The molecule has 112 valence electrons. The number of hydrogen-bond acceptors (Lipinski definition) is 5. The predicted molar refractivity (Wildman–Crippen MR) is 75.4 cm³/mol. The van der Waals surface area contributed by atoms with Gasteiger partial charge in [0.2, 0.25) is 0 Å². The van der Waals surface area contributed by atoms with Crippen LogP contribution in [0.15, 0.2) is 11.2 Å². The lowest BCUT2D eigenvalue weighted by Gasteiger charge is -2.13. The molecule has 7 nitrogen and oxygen atoms in total. The van der Waals surface area contributed by atoms with Gasteiger partial charge in [-0.2, -0.15) is 16.9 Å². The lowest BCUT2D eigenvalue weighted by molar-refractivity contribution is 0.0692. The fourth-order valence-corrected chi connectivity index (χ4v) is 4.86. The monoisotopic (exact) mass is 319 g/mol. The zero-order valence-corrected chi connectivity index (χ0v) is 12.6. The standard InChI is InChI=1S/C11H17N3O4S2/c1-2-19-8-4-3-7(5-8)14-20(17,18)10-9(11(15)16)6-12-13-10/h6-8,14H,2-5H2,1H3,(H,12,13)(H,15,16). The molecule has 2 unspecified atom stereocenters. The highest BCUT2D eigenvalue weighted by Crippen LogP contribution is 2.30. The number of sulfonamides is 1. The maximum absolute atomic E-state index is 12.2. The number of H-pyrrole nitrogens is 1. The van der Waals surface area contributed by atoms with Crippen molar-refractivity contribution in [3.63, 3.8) is 0 Å². The Kier molecular flexibility index (Phi) is 4.71. The van der Waals surface area contributed by atoms with Gasteiger partial charge in [0.1, 0.15) is 5.56 Å². The molecule has 20 heavy (non-hydrogen) atoms. The van der Waals surface area contributed by atoms with Crippen LogP contribution in [0.3, 0.4) is 0 Å². The van der Waals surface area contributed by atoms with Crippen molar-refractivity contribution in [1.29, 1.82) is 0 Å². The Morgan fingerprint density at radius 1 is 1.60 bits per heavy atom. The molecule has 0 radical (unpaired) electrons. The van der Waals surface area contributed by atoms with Crippen LogP contribution in [-0.4, -0.2) is 46.7 Å². The number of aromatic nitrogens is 2. The molecule has 1 saturated carbocycles. The van der Waals surface area contributed by atoms with E-state index in [4.69, 9.17) is 5.11 Å². The lowest BCUT2D eigenvalue weighted by Crippen LogP contribution is -2.34. The van der Waals surface area contributed by atoms with Crippen LogP contribution >= 0.6 is 11.8 Å². The van der Waals surface area contributed by atoms with E-state index in [0.29, 0.717) is 5.25 Å². The number of carboxylic acid groups (broad SMARTS) is 1. The van der Waals surface area contributed by atoms with Gasteiger partial charge >= 0.3 is 5.97 Å². The van der Waals surface area contributed by atoms with Crippen molar-refractivity contribution in [3.8, 4) is 0 Å². The molecule has 1 aromatic heterocycles. The molecule has 1 fully saturated rings. The number of hydrogen-bond donors (Lipinski definition) is 3. The number of thioether (sulfide) groups is 1. The first-order valence-corrected chi connectivity index (χ1v) is 8.87. The Morgan fingerprint density at radius 3 is 3.00 bits per heavy atom. The summed E-state index contributed by atoms with van der Waals surface area (Å²) in [4.78, 5) is 10.9. The molecule has 0 amide bonds. The number of aromatic amines is 1. The predicted octanol–water partition coefficient (Wildman–Crippen LogP) is 1.06. The van der Waals surface area contributed by atoms with Gasteiger partial charge in [-0.15, -0.1) is 0 Å². The normalized spacial score (nSPS) is 23.1. The molecular formula is C11H17N3O4S2. The van der Waals surface area contributed by atoms with Crippen molar-refractivity contribution < 1.29 is 18.3 Å². The molecule has 2 rings (SSSR count). The molecule has 2 atom stereocenters. The van der Waals surface area contributed by atoms with Gasteiger partial charge in [0.25, 0.3) is 10.0 Å². The Morgan fingerprint density at radius 2 is 2.35 bits per heavy atom. The summed E-state index contributed by atoms with van der Waals surface area (Å²) in [5, 5.41) is 14.8. The highest BCUT2D eigenvalue weighted by Gasteiger charge is 2.31. The molecule has 9 heteroatoms. The van der Waals surface area contributed by atoms with E-state index < -0.39 is 16.0 Å². The Bertz CT molecular complexity index is 584. The fourth-order valence-electron chi connectivity index (χ4n) is 2.34. The number of rotatable bonds is 6. The van der Waals surface area contributed by atoms with E-state index in [1.165, 1.54) is 0 Å². The molecule has 0 aliphatic heterocycles. The summed E-state index contributed by atoms with van der Waals surface area (Å²) in [6.45, 7) is 2.08. The number of aromatic carboxylic acids is 1. The van der Waals surface area contributed by atoms with E-state index in [9.17, 15) is 13.2 Å². The van der Waals surface area contributed by atoms with Gasteiger partial charge in [0.15, 0.2) is 5.03 Å². The number of nitrogens with one attached hydrogen (secondary N) is 2. The zero-order valence-electron chi connectivity index (χ0n) is 11.0. The molecule has 1 aliphatic rings. The van der Waals surface area contributed by atoms with Gasteiger partial charge in [0.05, 0.1) is 6.20 Å². The van der Waals surface area contributed by atoms with E-state index >= 15 is 0 Å². The third-order valence-corrected chi connectivity index (χ3v) is 5.94. The highest BCUT2D eigenvalue weighted by atomic mass is 32.2. The van der Waals surface area contributed by atoms with E-state index in [1.807, 2.05) is 11.8 Å². The average Bonchev–Trinajstić information content (AvgIpc) is 2.98. The van der Waals surface area contributed by atoms with E-state index in [0.717, 1.165) is 31.2 Å². The van der Waals surface area contributed by atoms with Crippen LogP contribution < -0.4 is 4.72 Å². The first kappa shape index (κ1) is 15.3. The van der Waals surface area contributed by atoms with Gasteiger partial charge in [-0.3, -0.25) is 5.10 Å². The molecule has 0 saturated heterocycles. The van der Waals surface area contributed by atoms with Crippen LogP contribution in [-0.2, 0) is 10.0 Å². The fraction of sp³-hybridized carbons (Fsp3) is 0.636. The van der Waals surface area contributed by atoms with Gasteiger partial charge in [-0.25, -0.2) is 17.9 Å². The van der Waals surface area contributed by atoms with Gasteiger partial charge in [-0.05, 0) is 25.0 Å². The van der Waals surface area contributed by atoms with Crippen LogP contribution in [0.25, 0.3) is 0 Å². The van der Waals surface area contributed by atoms with Crippen molar-refractivity contribution in [2.75, 3.05) is 5.75 Å². The lowest BCUT2D eigenvalue weighted by atomic mass is 10.3. The minimum atomic E-state index is -3.87. The van der Waals surface area contributed by atoms with Crippen molar-refractivity contribution in [2.24, 2.45) is 0 Å². The SMILES string of the molecule is CCSC1CCC(NS(=O)(=O)c2[nH]ncc2C(=O)O)C1.